The molecule has 0 unspecified atom stereocenters. The lowest BCUT2D eigenvalue weighted by atomic mass is 9.91. The number of carbonyl (C=O) groups excluding carboxylic acids is 2. The zero-order chi connectivity index (χ0) is 17.1. The molecular formula is C17H26N4O3. The number of carbonyl (C=O) groups is 2. The summed E-state index contributed by atoms with van der Waals surface area (Å²) in [4.78, 5) is 28.3. The highest BCUT2D eigenvalue weighted by Gasteiger charge is 2.36. The van der Waals surface area contributed by atoms with Crippen molar-refractivity contribution in [3.05, 3.63) is 17.5 Å². The molecule has 2 saturated heterocycles. The van der Waals surface area contributed by atoms with Crippen molar-refractivity contribution in [1.29, 1.82) is 0 Å². The number of methoxy groups -OCH3 is 1. The van der Waals surface area contributed by atoms with Gasteiger partial charge in [-0.1, -0.05) is 0 Å². The second-order valence-electron chi connectivity index (χ2n) is 6.74. The third-order valence-corrected chi connectivity index (χ3v) is 5.28. The van der Waals surface area contributed by atoms with Crippen molar-refractivity contribution in [1.82, 2.24) is 20.0 Å². The highest BCUT2D eigenvalue weighted by atomic mass is 16.5. The molecule has 0 aliphatic carbocycles. The summed E-state index contributed by atoms with van der Waals surface area (Å²) in [5.41, 5.74) is 2.37. The van der Waals surface area contributed by atoms with Crippen LogP contribution in [0.5, 0.6) is 0 Å². The largest absolute Gasteiger partial charge is 0.453 e. The van der Waals surface area contributed by atoms with Crippen LogP contribution in [-0.4, -0.2) is 64.8 Å². The summed E-state index contributed by atoms with van der Waals surface area (Å²) in [7, 11) is 1.37. The van der Waals surface area contributed by atoms with Crippen LogP contribution in [0.4, 0.5) is 4.79 Å². The third-order valence-electron chi connectivity index (χ3n) is 5.28. The maximum Gasteiger partial charge on any atom is 0.410 e. The topological polar surface area (TPSA) is 78.5 Å². The number of likely N-dealkylation sites (tertiary alicyclic amines) is 2. The van der Waals surface area contributed by atoms with Crippen molar-refractivity contribution < 1.29 is 14.3 Å². The van der Waals surface area contributed by atoms with Gasteiger partial charge in [-0.05, 0) is 44.6 Å². The molecule has 3 rings (SSSR count). The number of rotatable bonds is 2. The maximum atomic E-state index is 12.9. The number of H-pyrrole nitrogens is 1. The van der Waals surface area contributed by atoms with E-state index in [0.29, 0.717) is 12.5 Å². The monoisotopic (exact) mass is 334 g/mol. The third kappa shape index (κ3) is 3.25. The van der Waals surface area contributed by atoms with E-state index < -0.39 is 6.09 Å². The van der Waals surface area contributed by atoms with E-state index in [1.165, 1.54) is 18.4 Å². The van der Waals surface area contributed by atoms with Crippen molar-refractivity contribution >= 4 is 12.0 Å². The first-order valence-corrected chi connectivity index (χ1v) is 8.75. The SMILES string of the molecule is COC(=O)N1CCCC[C@@H]1C(=O)N1CCC(c2[nH]ncc2C)CC1. The minimum absolute atomic E-state index is 0.0693. The number of aromatic nitrogens is 2. The van der Waals surface area contributed by atoms with Crippen molar-refractivity contribution in [2.45, 2.75) is 51.0 Å². The van der Waals surface area contributed by atoms with Gasteiger partial charge in [0.2, 0.25) is 5.91 Å². The number of piperidine rings is 2. The molecular weight excluding hydrogens is 308 g/mol. The second-order valence-corrected chi connectivity index (χ2v) is 6.74. The predicted octanol–water partition coefficient (Wildman–Crippen LogP) is 2.05. The number of hydrogen-bond acceptors (Lipinski definition) is 4. The fraction of sp³-hybridized carbons (Fsp3) is 0.706. The van der Waals surface area contributed by atoms with Crippen LogP contribution in [0.2, 0.25) is 0 Å². The van der Waals surface area contributed by atoms with Gasteiger partial charge in [-0.3, -0.25) is 14.8 Å². The van der Waals surface area contributed by atoms with Crippen molar-refractivity contribution in [3.8, 4) is 0 Å². The Labute approximate surface area is 142 Å². The Morgan fingerprint density at radius 3 is 2.58 bits per heavy atom. The summed E-state index contributed by atoms with van der Waals surface area (Å²) >= 11 is 0. The minimum atomic E-state index is -0.393. The standard InChI is InChI=1S/C17H26N4O3/c1-12-11-18-19-15(12)13-6-9-20(10-7-13)16(22)14-5-3-4-8-21(14)17(23)24-2/h11,13-14H,3-10H2,1-2H3,(H,18,19)/t14-/m1/s1. The van der Waals surface area contributed by atoms with Crippen LogP contribution in [-0.2, 0) is 9.53 Å². The lowest BCUT2D eigenvalue weighted by Crippen LogP contribution is -2.54. The van der Waals surface area contributed by atoms with Crippen LogP contribution in [0.3, 0.4) is 0 Å². The maximum absolute atomic E-state index is 12.9. The summed E-state index contributed by atoms with van der Waals surface area (Å²) < 4.78 is 4.84. The first kappa shape index (κ1) is 16.8. The Morgan fingerprint density at radius 1 is 1.21 bits per heavy atom. The Morgan fingerprint density at radius 2 is 1.96 bits per heavy atom. The predicted molar refractivity (Wildman–Crippen MR) is 88.6 cm³/mol. The smallest absolute Gasteiger partial charge is 0.410 e. The molecule has 132 valence electrons. The van der Waals surface area contributed by atoms with Gasteiger partial charge in [0.1, 0.15) is 6.04 Å². The fourth-order valence-electron chi connectivity index (χ4n) is 3.89. The van der Waals surface area contributed by atoms with Gasteiger partial charge in [0.15, 0.2) is 0 Å². The van der Waals surface area contributed by atoms with Gasteiger partial charge >= 0.3 is 6.09 Å². The van der Waals surface area contributed by atoms with Gasteiger partial charge in [-0.25, -0.2) is 4.79 Å². The summed E-state index contributed by atoms with van der Waals surface area (Å²) in [6, 6.07) is -0.364. The Balaban J connectivity index is 1.62. The molecule has 0 spiro atoms. The van der Waals surface area contributed by atoms with Crippen LogP contribution in [0, 0.1) is 6.92 Å². The van der Waals surface area contributed by atoms with E-state index in [1.54, 1.807) is 4.90 Å². The Bertz CT molecular complexity index is 592. The van der Waals surface area contributed by atoms with Crippen molar-refractivity contribution in [2.24, 2.45) is 0 Å². The van der Waals surface area contributed by atoms with E-state index >= 15 is 0 Å². The van der Waals surface area contributed by atoms with E-state index in [2.05, 4.69) is 17.1 Å². The quantitative estimate of drug-likeness (QED) is 0.898. The number of hydrogen-bond donors (Lipinski definition) is 1. The molecule has 2 amide bonds. The molecule has 0 saturated carbocycles. The normalized spacial score (nSPS) is 22.5. The number of aromatic amines is 1. The first-order chi connectivity index (χ1) is 11.6. The molecule has 7 nitrogen and oxygen atoms in total. The number of aryl methyl sites for hydroxylation is 1. The van der Waals surface area contributed by atoms with Crippen LogP contribution in [0.25, 0.3) is 0 Å². The van der Waals surface area contributed by atoms with Gasteiger partial charge in [0.05, 0.1) is 13.3 Å². The van der Waals surface area contributed by atoms with Gasteiger partial charge in [-0.15, -0.1) is 0 Å². The molecule has 2 aliphatic heterocycles. The molecule has 0 radical (unpaired) electrons. The average Bonchev–Trinajstić information content (AvgIpc) is 3.06. The highest BCUT2D eigenvalue weighted by Crippen LogP contribution is 2.30. The molecule has 2 fully saturated rings. The summed E-state index contributed by atoms with van der Waals surface area (Å²) in [5.74, 6) is 0.500. The zero-order valence-corrected chi connectivity index (χ0v) is 14.5. The zero-order valence-electron chi connectivity index (χ0n) is 14.5. The second kappa shape index (κ2) is 7.23. The summed E-state index contributed by atoms with van der Waals surface area (Å²) in [5, 5.41) is 7.19. The van der Waals surface area contributed by atoms with E-state index in [1.807, 2.05) is 11.1 Å². The molecule has 7 heteroatoms. The van der Waals surface area contributed by atoms with Crippen molar-refractivity contribution in [2.75, 3.05) is 26.7 Å². The molecule has 1 aromatic heterocycles. The van der Waals surface area contributed by atoms with Gasteiger partial charge in [-0.2, -0.15) is 5.10 Å². The molecule has 1 aromatic rings. The van der Waals surface area contributed by atoms with Crippen LogP contribution in [0.15, 0.2) is 6.20 Å². The lowest BCUT2D eigenvalue weighted by Gasteiger charge is -2.39. The lowest BCUT2D eigenvalue weighted by molar-refractivity contribution is -0.138. The molecule has 0 bridgehead atoms. The van der Waals surface area contributed by atoms with Gasteiger partial charge < -0.3 is 9.64 Å². The molecule has 3 heterocycles. The highest BCUT2D eigenvalue weighted by molar-refractivity contribution is 5.86. The molecule has 24 heavy (non-hydrogen) atoms. The van der Waals surface area contributed by atoms with Crippen molar-refractivity contribution in [3.63, 3.8) is 0 Å². The van der Waals surface area contributed by atoms with E-state index in [0.717, 1.165) is 45.2 Å². The van der Waals surface area contributed by atoms with Gasteiger partial charge in [0, 0.05) is 31.2 Å². The molecule has 1 N–H and O–H groups in total. The van der Waals surface area contributed by atoms with Crippen LogP contribution < -0.4 is 0 Å². The number of nitrogens with one attached hydrogen (secondary N) is 1. The number of ether oxygens (including phenoxy) is 1. The fourth-order valence-corrected chi connectivity index (χ4v) is 3.89. The molecule has 0 aromatic carbocycles. The van der Waals surface area contributed by atoms with Crippen LogP contribution in [0.1, 0.15) is 49.3 Å². The summed E-state index contributed by atoms with van der Waals surface area (Å²) in [6.07, 6.45) is 5.96. The number of nitrogens with zero attached hydrogens (tertiary/aromatic N) is 3. The first-order valence-electron chi connectivity index (χ1n) is 8.75. The molecule has 1 atom stereocenters. The van der Waals surface area contributed by atoms with E-state index in [4.69, 9.17) is 4.74 Å². The average molecular weight is 334 g/mol. The Kier molecular flexibility index (Phi) is 5.06. The van der Waals surface area contributed by atoms with E-state index in [9.17, 15) is 9.59 Å². The minimum Gasteiger partial charge on any atom is -0.453 e. The van der Waals surface area contributed by atoms with Gasteiger partial charge in [0.25, 0.3) is 0 Å². The van der Waals surface area contributed by atoms with E-state index in [-0.39, 0.29) is 11.9 Å². The number of amides is 2. The Hall–Kier alpha value is -2.05. The van der Waals surface area contributed by atoms with Crippen LogP contribution >= 0.6 is 0 Å². The molecule has 2 aliphatic rings. The summed E-state index contributed by atoms with van der Waals surface area (Å²) in [6.45, 7) is 4.13.